The lowest BCUT2D eigenvalue weighted by molar-refractivity contribution is 0.101. The zero-order chi connectivity index (χ0) is 12.4. The summed E-state index contributed by atoms with van der Waals surface area (Å²) in [4.78, 5) is 16.7. The van der Waals surface area contributed by atoms with E-state index in [9.17, 15) is 4.79 Å². The molecule has 0 aliphatic carbocycles. The van der Waals surface area contributed by atoms with E-state index in [1.807, 2.05) is 31.2 Å². The van der Waals surface area contributed by atoms with Gasteiger partial charge in [-0.2, -0.15) is 0 Å². The zero-order valence-corrected chi connectivity index (χ0v) is 10.8. The fourth-order valence-electron chi connectivity index (χ4n) is 1.68. The molecule has 1 aromatic carbocycles. The summed E-state index contributed by atoms with van der Waals surface area (Å²) < 4.78 is 5.31. The van der Waals surface area contributed by atoms with E-state index < -0.39 is 0 Å². The van der Waals surface area contributed by atoms with Crippen molar-refractivity contribution in [3.8, 4) is 16.2 Å². The topological polar surface area (TPSA) is 39.2 Å². The quantitative estimate of drug-likeness (QED) is 0.781. The van der Waals surface area contributed by atoms with Gasteiger partial charge in [0.2, 0.25) is 0 Å². The first-order chi connectivity index (χ1) is 8.13. The molecular formula is C13H13NO2S. The number of methoxy groups -OCH3 is 1. The molecule has 4 heteroatoms. The third-order valence-corrected chi connectivity index (χ3v) is 3.42. The summed E-state index contributed by atoms with van der Waals surface area (Å²) in [6, 6.07) is 7.66. The Morgan fingerprint density at radius 3 is 2.71 bits per heavy atom. The number of thiazole rings is 1. The Kier molecular flexibility index (Phi) is 3.24. The lowest BCUT2D eigenvalue weighted by atomic mass is 10.1. The third-order valence-electron chi connectivity index (χ3n) is 2.42. The molecule has 0 spiro atoms. The van der Waals surface area contributed by atoms with Crippen molar-refractivity contribution in [3.63, 3.8) is 0 Å². The smallest absolute Gasteiger partial charge is 0.179 e. The van der Waals surface area contributed by atoms with Gasteiger partial charge < -0.3 is 4.74 Å². The van der Waals surface area contributed by atoms with E-state index >= 15 is 0 Å². The van der Waals surface area contributed by atoms with E-state index in [1.165, 1.54) is 18.3 Å². The van der Waals surface area contributed by atoms with Gasteiger partial charge in [0.1, 0.15) is 11.4 Å². The van der Waals surface area contributed by atoms with Gasteiger partial charge in [-0.3, -0.25) is 4.79 Å². The number of para-hydroxylation sites is 1. The summed E-state index contributed by atoms with van der Waals surface area (Å²) in [7, 11) is 1.63. The molecule has 1 heterocycles. The Labute approximate surface area is 104 Å². The van der Waals surface area contributed by atoms with Crippen molar-refractivity contribution in [2.75, 3.05) is 7.11 Å². The highest BCUT2D eigenvalue weighted by Crippen LogP contribution is 2.36. The first-order valence-corrected chi connectivity index (χ1v) is 6.07. The van der Waals surface area contributed by atoms with Crippen LogP contribution in [0.1, 0.15) is 22.4 Å². The van der Waals surface area contributed by atoms with Crippen LogP contribution >= 0.6 is 11.3 Å². The van der Waals surface area contributed by atoms with E-state index in [0.29, 0.717) is 5.69 Å². The minimum Gasteiger partial charge on any atom is -0.496 e. The Hall–Kier alpha value is -1.68. The molecule has 0 fully saturated rings. The van der Waals surface area contributed by atoms with Crippen LogP contribution in [0.2, 0.25) is 0 Å². The molecule has 0 bridgehead atoms. The number of hydrogen-bond acceptors (Lipinski definition) is 4. The van der Waals surface area contributed by atoms with Gasteiger partial charge in [0.25, 0.3) is 0 Å². The van der Waals surface area contributed by atoms with Crippen molar-refractivity contribution in [2.24, 2.45) is 0 Å². The molecule has 0 amide bonds. The number of ether oxygens (including phenoxy) is 1. The van der Waals surface area contributed by atoms with Crippen molar-refractivity contribution in [1.82, 2.24) is 4.98 Å². The van der Waals surface area contributed by atoms with E-state index in [0.717, 1.165) is 21.2 Å². The van der Waals surface area contributed by atoms with Crippen LogP contribution < -0.4 is 4.74 Å². The molecule has 1 aromatic heterocycles. The van der Waals surface area contributed by atoms with Gasteiger partial charge in [-0.05, 0) is 19.1 Å². The second-order valence-electron chi connectivity index (χ2n) is 3.67. The number of benzene rings is 1. The van der Waals surface area contributed by atoms with Crippen molar-refractivity contribution in [1.29, 1.82) is 0 Å². The maximum absolute atomic E-state index is 11.6. The minimum atomic E-state index is -0.0183. The van der Waals surface area contributed by atoms with Crippen LogP contribution in [0.15, 0.2) is 24.3 Å². The monoisotopic (exact) mass is 247 g/mol. The first-order valence-electron chi connectivity index (χ1n) is 5.25. The summed E-state index contributed by atoms with van der Waals surface area (Å²) in [5.74, 6) is 0.744. The zero-order valence-electron chi connectivity index (χ0n) is 9.98. The average molecular weight is 247 g/mol. The standard InChI is InChI=1S/C13H13NO2S/c1-8(15)12-13(17-9(2)14-12)10-6-4-5-7-11(10)16-3/h4-7H,1-3H3. The summed E-state index contributed by atoms with van der Waals surface area (Å²) >= 11 is 1.51. The van der Waals surface area contributed by atoms with Gasteiger partial charge in [-0.25, -0.2) is 4.98 Å². The molecule has 0 aliphatic rings. The van der Waals surface area contributed by atoms with Gasteiger partial charge >= 0.3 is 0 Å². The van der Waals surface area contributed by atoms with Crippen LogP contribution in [0.4, 0.5) is 0 Å². The Morgan fingerprint density at radius 2 is 2.06 bits per heavy atom. The number of Topliss-reactive ketones (excluding diaryl/α,β-unsaturated/α-hetero) is 1. The van der Waals surface area contributed by atoms with Crippen LogP contribution in [0.25, 0.3) is 10.4 Å². The number of hydrogen-bond donors (Lipinski definition) is 0. The number of rotatable bonds is 3. The molecule has 0 N–H and O–H groups in total. The Morgan fingerprint density at radius 1 is 1.35 bits per heavy atom. The number of carbonyl (C=O) groups is 1. The summed E-state index contributed by atoms with van der Waals surface area (Å²) in [6.07, 6.45) is 0. The first kappa shape index (κ1) is 11.8. The third kappa shape index (κ3) is 2.22. The van der Waals surface area contributed by atoms with Crippen LogP contribution in [-0.4, -0.2) is 17.9 Å². The number of carbonyl (C=O) groups excluding carboxylic acids is 1. The van der Waals surface area contributed by atoms with Crippen molar-refractivity contribution >= 4 is 17.1 Å². The SMILES string of the molecule is COc1ccccc1-c1sc(C)nc1C(C)=O. The molecule has 0 saturated heterocycles. The largest absolute Gasteiger partial charge is 0.496 e. The maximum atomic E-state index is 11.6. The molecule has 0 atom stereocenters. The van der Waals surface area contributed by atoms with Gasteiger partial charge in [-0.15, -0.1) is 11.3 Å². The van der Waals surface area contributed by atoms with E-state index in [4.69, 9.17) is 4.74 Å². The average Bonchev–Trinajstić information content (AvgIpc) is 2.71. The number of aryl methyl sites for hydroxylation is 1. The number of aromatic nitrogens is 1. The van der Waals surface area contributed by atoms with Crippen molar-refractivity contribution in [3.05, 3.63) is 35.0 Å². The van der Waals surface area contributed by atoms with Gasteiger partial charge in [0.15, 0.2) is 5.78 Å². The lowest BCUT2D eigenvalue weighted by Gasteiger charge is -2.06. The molecule has 0 radical (unpaired) electrons. The lowest BCUT2D eigenvalue weighted by Crippen LogP contribution is -1.96. The van der Waals surface area contributed by atoms with Crippen LogP contribution in [0.3, 0.4) is 0 Å². The molecule has 0 unspecified atom stereocenters. The fourth-order valence-corrected chi connectivity index (χ4v) is 2.68. The molecule has 3 nitrogen and oxygen atoms in total. The second kappa shape index (κ2) is 4.67. The fraction of sp³-hybridized carbons (Fsp3) is 0.231. The molecule has 2 rings (SSSR count). The highest BCUT2D eigenvalue weighted by molar-refractivity contribution is 7.15. The Balaban J connectivity index is 2.63. The maximum Gasteiger partial charge on any atom is 0.179 e. The van der Waals surface area contributed by atoms with E-state index in [2.05, 4.69) is 4.98 Å². The summed E-state index contributed by atoms with van der Waals surface area (Å²) in [6.45, 7) is 3.43. The molecule has 88 valence electrons. The highest BCUT2D eigenvalue weighted by Gasteiger charge is 2.17. The molecular weight excluding hydrogens is 234 g/mol. The molecule has 0 saturated carbocycles. The second-order valence-corrected chi connectivity index (χ2v) is 4.87. The summed E-state index contributed by atoms with van der Waals surface area (Å²) in [5.41, 5.74) is 1.45. The molecule has 17 heavy (non-hydrogen) atoms. The van der Waals surface area contributed by atoms with Crippen LogP contribution in [-0.2, 0) is 0 Å². The molecule has 2 aromatic rings. The normalized spacial score (nSPS) is 10.3. The van der Waals surface area contributed by atoms with Crippen LogP contribution in [0.5, 0.6) is 5.75 Å². The number of ketones is 1. The highest BCUT2D eigenvalue weighted by atomic mass is 32.1. The Bertz CT molecular complexity index is 560. The van der Waals surface area contributed by atoms with Gasteiger partial charge in [-0.1, -0.05) is 12.1 Å². The predicted octanol–water partition coefficient (Wildman–Crippen LogP) is 3.33. The predicted molar refractivity (Wildman–Crippen MR) is 68.8 cm³/mol. The van der Waals surface area contributed by atoms with Crippen molar-refractivity contribution < 1.29 is 9.53 Å². The summed E-state index contributed by atoms with van der Waals surface area (Å²) in [5, 5.41) is 0.885. The van der Waals surface area contributed by atoms with Crippen molar-refractivity contribution in [2.45, 2.75) is 13.8 Å². The van der Waals surface area contributed by atoms with E-state index in [1.54, 1.807) is 7.11 Å². The number of nitrogens with zero attached hydrogens (tertiary/aromatic N) is 1. The van der Waals surface area contributed by atoms with E-state index in [-0.39, 0.29) is 5.78 Å². The minimum absolute atomic E-state index is 0.0183. The van der Waals surface area contributed by atoms with Gasteiger partial charge in [0, 0.05) is 12.5 Å². The van der Waals surface area contributed by atoms with Crippen LogP contribution in [0, 0.1) is 6.92 Å². The van der Waals surface area contributed by atoms with Gasteiger partial charge in [0.05, 0.1) is 17.0 Å². The molecule has 0 aliphatic heterocycles.